The van der Waals surface area contributed by atoms with E-state index >= 15 is 0 Å². The molecule has 3 aromatic heterocycles. The van der Waals surface area contributed by atoms with E-state index in [2.05, 4.69) is 20.2 Å². The maximum atomic E-state index is 9.00. The molecular weight excluding hydrogens is 354 g/mol. The van der Waals surface area contributed by atoms with Crippen LogP contribution in [0.25, 0.3) is 16.7 Å². The van der Waals surface area contributed by atoms with Crippen molar-refractivity contribution in [3.8, 4) is 17.6 Å². The van der Waals surface area contributed by atoms with E-state index in [-0.39, 0.29) is 5.28 Å². The van der Waals surface area contributed by atoms with Gasteiger partial charge in [-0.15, -0.1) is 0 Å². The second-order valence-corrected chi connectivity index (χ2v) is 5.82. The Morgan fingerprint density at radius 2 is 2.04 bits per heavy atom. The molecule has 0 saturated carbocycles. The maximum absolute atomic E-state index is 9.00. The minimum absolute atomic E-state index is 0.189. The van der Waals surface area contributed by atoms with Crippen molar-refractivity contribution in [2.75, 3.05) is 7.11 Å². The van der Waals surface area contributed by atoms with Crippen LogP contribution in [0.2, 0.25) is 5.28 Å². The van der Waals surface area contributed by atoms with Crippen LogP contribution < -0.4 is 4.74 Å². The molecule has 0 bridgehead atoms. The zero-order valence-corrected chi connectivity index (χ0v) is 14.4. The van der Waals surface area contributed by atoms with Gasteiger partial charge in [0.2, 0.25) is 11.2 Å². The van der Waals surface area contributed by atoms with Crippen LogP contribution in [-0.2, 0) is 6.54 Å². The molecule has 0 N–H and O–H groups in total. The smallest absolute Gasteiger partial charge is 0.224 e. The fourth-order valence-corrected chi connectivity index (χ4v) is 2.75. The molecular formula is C17H12ClN7O. The van der Waals surface area contributed by atoms with E-state index in [1.54, 1.807) is 34.9 Å². The number of rotatable bonds is 4. The monoisotopic (exact) mass is 365 g/mol. The number of nitrogens with zero attached hydrogens (tertiary/aromatic N) is 7. The third kappa shape index (κ3) is 2.85. The fourth-order valence-electron chi connectivity index (χ4n) is 2.63. The highest BCUT2D eigenvalue weighted by molar-refractivity contribution is 6.28. The Hall–Kier alpha value is -3.44. The standard InChI is InChI=1S/C17H12ClN7O/c1-26-15-6-13(7-19)23-25(15)14-4-2-11(3-5-14)10-24-16-12(9-21-24)8-20-17(18)22-16/h2-6,8-9H,10H2,1H3. The molecule has 0 saturated heterocycles. The van der Waals surface area contributed by atoms with Crippen LogP contribution in [0.5, 0.6) is 5.88 Å². The van der Waals surface area contributed by atoms with E-state index in [4.69, 9.17) is 21.6 Å². The van der Waals surface area contributed by atoms with Crippen molar-refractivity contribution < 1.29 is 4.74 Å². The number of benzene rings is 1. The van der Waals surface area contributed by atoms with E-state index in [1.807, 2.05) is 30.3 Å². The van der Waals surface area contributed by atoms with Gasteiger partial charge >= 0.3 is 0 Å². The predicted octanol–water partition coefficient (Wildman–Crippen LogP) is 2.59. The third-order valence-electron chi connectivity index (χ3n) is 3.86. The first-order valence-corrected chi connectivity index (χ1v) is 8.03. The summed E-state index contributed by atoms with van der Waals surface area (Å²) in [6.45, 7) is 0.539. The number of nitriles is 1. The van der Waals surface area contributed by atoms with Crippen LogP contribution in [0.1, 0.15) is 11.3 Å². The molecule has 0 amide bonds. The number of ether oxygens (including phenoxy) is 1. The number of halogens is 1. The number of hydrogen-bond acceptors (Lipinski definition) is 6. The molecule has 4 aromatic rings. The molecule has 128 valence electrons. The quantitative estimate of drug-likeness (QED) is 0.516. The minimum Gasteiger partial charge on any atom is -0.481 e. The lowest BCUT2D eigenvalue weighted by Gasteiger charge is -2.08. The summed E-state index contributed by atoms with van der Waals surface area (Å²) in [5, 5.41) is 18.6. The minimum atomic E-state index is 0.189. The average molecular weight is 366 g/mol. The van der Waals surface area contributed by atoms with Gasteiger partial charge in [-0.05, 0) is 29.3 Å². The van der Waals surface area contributed by atoms with E-state index in [0.29, 0.717) is 23.8 Å². The zero-order chi connectivity index (χ0) is 18.1. The van der Waals surface area contributed by atoms with Crippen LogP contribution in [-0.4, -0.2) is 36.6 Å². The first-order chi connectivity index (χ1) is 12.7. The Morgan fingerprint density at radius 1 is 1.23 bits per heavy atom. The van der Waals surface area contributed by atoms with Gasteiger partial charge in [0.1, 0.15) is 6.07 Å². The molecule has 0 aliphatic rings. The van der Waals surface area contributed by atoms with Crippen molar-refractivity contribution in [3.05, 3.63) is 59.3 Å². The molecule has 0 fully saturated rings. The van der Waals surface area contributed by atoms with Crippen molar-refractivity contribution in [2.24, 2.45) is 0 Å². The van der Waals surface area contributed by atoms with Crippen molar-refractivity contribution in [2.45, 2.75) is 6.54 Å². The highest BCUT2D eigenvalue weighted by atomic mass is 35.5. The zero-order valence-electron chi connectivity index (χ0n) is 13.7. The lowest BCUT2D eigenvalue weighted by atomic mass is 10.2. The normalized spacial score (nSPS) is 10.8. The van der Waals surface area contributed by atoms with Gasteiger partial charge in [-0.1, -0.05) is 12.1 Å². The Bertz CT molecular complexity index is 1120. The summed E-state index contributed by atoms with van der Waals surface area (Å²) < 4.78 is 8.61. The predicted molar refractivity (Wildman–Crippen MR) is 94.3 cm³/mol. The summed E-state index contributed by atoms with van der Waals surface area (Å²) in [7, 11) is 1.54. The van der Waals surface area contributed by atoms with Crippen LogP contribution in [0.4, 0.5) is 0 Å². The lowest BCUT2D eigenvalue weighted by Crippen LogP contribution is -2.04. The largest absolute Gasteiger partial charge is 0.481 e. The van der Waals surface area contributed by atoms with Gasteiger partial charge in [-0.25, -0.2) is 9.67 Å². The highest BCUT2D eigenvalue weighted by Gasteiger charge is 2.11. The fraction of sp³-hybridized carbons (Fsp3) is 0.118. The molecule has 8 nitrogen and oxygen atoms in total. The summed E-state index contributed by atoms with van der Waals surface area (Å²) in [5.41, 5.74) is 2.80. The average Bonchev–Trinajstić information content (AvgIpc) is 3.26. The molecule has 26 heavy (non-hydrogen) atoms. The van der Waals surface area contributed by atoms with Crippen molar-refractivity contribution in [1.29, 1.82) is 5.26 Å². The highest BCUT2D eigenvalue weighted by Crippen LogP contribution is 2.20. The SMILES string of the molecule is COc1cc(C#N)nn1-c1ccc(Cn2ncc3cnc(Cl)nc32)cc1. The first-order valence-electron chi connectivity index (χ1n) is 7.65. The molecule has 0 aliphatic heterocycles. The molecule has 9 heteroatoms. The molecule has 4 rings (SSSR count). The number of methoxy groups -OCH3 is 1. The van der Waals surface area contributed by atoms with Gasteiger partial charge in [-0.3, -0.25) is 0 Å². The van der Waals surface area contributed by atoms with Crippen LogP contribution in [0.3, 0.4) is 0 Å². The van der Waals surface area contributed by atoms with E-state index < -0.39 is 0 Å². The molecule has 0 unspecified atom stereocenters. The topological polar surface area (TPSA) is 94.4 Å². The summed E-state index contributed by atoms with van der Waals surface area (Å²) in [6.07, 6.45) is 3.35. The molecule has 0 atom stereocenters. The Kier molecular flexibility index (Phi) is 3.99. The van der Waals surface area contributed by atoms with E-state index in [9.17, 15) is 0 Å². The molecule has 1 aromatic carbocycles. The summed E-state index contributed by atoms with van der Waals surface area (Å²) in [5.74, 6) is 0.499. The Balaban J connectivity index is 1.63. The third-order valence-corrected chi connectivity index (χ3v) is 4.04. The second-order valence-electron chi connectivity index (χ2n) is 5.48. The lowest BCUT2D eigenvalue weighted by molar-refractivity contribution is 0.383. The van der Waals surface area contributed by atoms with Crippen LogP contribution in [0, 0.1) is 11.3 Å². The Labute approximate surface area is 153 Å². The van der Waals surface area contributed by atoms with E-state index in [0.717, 1.165) is 16.6 Å². The number of aromatic nitrogens is 6. The Morgan fingerprint density at radius 3 is 2.77 bits per heavy atom. The van der Waals surface area contributed by atoms with Crippen LogP contribution >= 0.6 is 11.6 Å². The molecule has 3 heterocycles. The number of fused-ring (bicyclic) bond motifs is 1. The molecule has 0 radical (unpaired) electrons. The van der Waals surface area contributed by atoms with Gasteiger partial charge in [0.05, 0.1) is 30.9 Å². The maximum Gasteiger partial charge on any atom is 0.224 e. The summed E-state index contributed by atoms with van der Waals surface area (Å²) >= 11 is 5.87. The first kappa shape index (κ1) is 16.1. The van der Waals surface area contributed by atoms with Gasteiger partial charge in [-0.2, -0.15) is 25.1 Å². The van der Waals surface area contributed by atoms with Crippen molar-refractivity contribution in [3.63, 3.8) is 0 Å². The van der Waals surface area contributed by atoms with E-state index in [1.165, 1.54) is 0 Å². The van der Waals surface area contributed by atoms with Crippen molar-refractivity contribution >= 4 is 22.6 Å². The van der Waals surface area contributed by atoms with Crippen molar-refractivity contribution in [1.82, 2.24) is 29.5 Å². The summed E-state index contributed by atoms with van der Waals surface area (Å²) in [4.78, 5) is 8.18. The van der Waals surface area contributed by atoms with Crippen LogP contribution in [0.15, 0.2) is 42.7 Å². The van der Waals surface area contributed by atoms with Gasteiger partial charge in [0.15, 0.2) is 11.3 Å². The van der Waals surface area contributed by atoms with Gasteiger partial charge in [0, 0.05) is 12.3 Å². The van der Waals surface area contributed by atoms with Gasteiger partial charge in [0.25, 0.3) is 0 Å². The number of hydrogen-bond donors (Lipinski definition) is 0. The molecule has 0 aliphatic carbocycles. The second kappa shape index (κ2) is 6.46. The summed E-state index contributed by atoms with van der Waals surface area (Å²) in [6, 6.07) is 11.3. The molecule has 0 spiro atoms. The van der Waals surface area contributed by atoms with Gasteiger partial charge < -0.3 is 4.74 Å².